The lowest BCUT2D eigenvalue weighted by atomic mass is 10.2. The summed E-state index contributed by atoms with van der Waals surface area (Å²) < 4.78 is 0. The maximum absolute atomic E-state index is 12.3. The number of nitrogens with zero attached hydrogens (tertiary/aromatic N) is 3. The maximum Gasteiger partial charge on any atom is 0.323 e. The van der Waals surface area contributed by atoms with E-state index in [0.717, 1.165) is 18.8 Å². The third-order valence-electron chi connectivity index (χ3n) is 3.63. The first kappa shape index (κ1) is 15.3. The van der Waals surface area contributed by atoms with Gasteiger partial charge in [0, 0.05) is 31.9 Å². The molecule has 1 aliphatic heterocycles. The number of carbonyl (C=O) groups excluding carboxylic acids is 1. The third kappa shape index (κ3) is 4.46. The number of likely N-dealkylation sites (N-methyl/N-ethyl adjacent to an activating group) is 1. The van der Waals surface area contributed by atoms with Gasteiger partial charge in [-0.1, -0.05) is 18.2 Å². The van der Waals surface area contributed by atoms with Crippen molar-refractivity contribution in [1.29, 1.82) is 0 Å². The quantitative estimate of drug-likeness (QED) is 0.848. The number of rotatable bonds is 5. The molecule has 1 aliphatic rings. The van der Waals surface area contributed by atoms with E-state index in [1.165, 1.54) is 0 Å². The summed E-state index contributed by atoms with van der Waals surface area (Å²) in [6.07, 6.45) is 0. The van der Waals surface area contributed by atoms with Crippen molar-refractivity contribution < 1.29 is 14.7 Å². The van der Waals surface area contributed by atoms with Gasteiger partial charge >= 0.3 is 5.97 Å². The number of carboxylic acids is 1. The summed E-state index contributed by atoms with van der Waals surface area (Å²) >= 11 is 0. The molecule has 6 heteroatoms. The van der Waals surface area contributed by atoms with Gasteiger partial charge in [0.1, 0.15) is 6.54 Å². The van der Waals surface area contributed by atoms with Gasteiger partial charge in [-0.05, 0) is 19.2 Å². The average molecular weight is 291 g/mol. The summed E-state index contributed by atoms with van der Waals surface area (Å²) in [4.78, 5) is 28.9. The molecule has 114 valence electrons. The topological polar surface area (TPSA) is 64.1 Å². The molecule has 0 aliphatic carbocycles. The Hall–Kier alpha value is -2.08. The van der Waals surface area contributed by atoms with Gasteiger partial charge in [-0.15, -0.1) is 0 Å². The lowest BCUT2D eigenvalue weighted by Crippen LogP contribution is -2.50. The van der Waals surface area contributed by atoms with E-state index in [1.807, 2.05) is 37.4 Å². The van der Waals surface area contributed by atoms with Crippen LogP contribution in [0.25, 0.3) is 0 Å². The zero-order valence-electron chi connectivity index (χ0n) is 12.2. The highest BCUT2D eigenvalue weighted by Crippen LogP contribution is 2.13. The zero-order valence-corrected chi connectivity index (χ0v) is 12.2. The van der Waals surface area contributed by atoms with Gasteiger partial charge in [0.15, 0.2) is 0 Å². The number of benzene rings is 1. The second-order valence-electron chi connectivity index (χ2n) is 5.27. The van der Waals surface area contributed by atoms with Crippen LogP contribution >= 0.6 is 0 Å². The van der Waals surface area contributed by atoms with Gasteiger partial charge in [0.2, 0.25) is 5.91 Å². The van der Waals surface area contributed by atoms with Crippen LogP contribution in [0.5, 0.6) is 0 Å². The lowest BCUT2D eigenvalue weighted by Gasteiger charge is -2.34. The predicted octanol–water partition coefficient (Wildman–Crippen LogP) is 0.352. The van der Waals surface area contributed by atoms with Crippen molar-refractivity contribution in [3.05, 3.63) is 30.3 Å². The number of aliphatic carboxylic acids is 1. The van der Waals surface area contributed by atoms with Gasteiger partial charge in [-0.2, -0.15) is 0 Å². The molecule has 0 radical (unpaired) electrons. The van der Waals surface area contributed by atoms with Crippen LogP contribution in [0.1, 0.15) is 0 Å². The van der Waals surface area contributed by atoms with Crippen LogP contribution in [0.15, 0.2) is 30.3 Å². The molecule has 1 aromatic carbocycles. The molecule has 0 spiro atoms. The van der Waals surface area contributed by atoms with E-state index in [1.54, 1.807) is 9.80 Å². The normalized spacial score (nSPS) is 15.8. The van der Waals surface area contributed by atoms with Crippen LogP contribution in [-0.2, 0) is 9.59 Å². The highest BCUT2D eigenvalue weighted by atomic mass is 16.4. The Balaban J connectivity index is 2.01. The molecule has 1 saturated heterocycles. The van der Waals surface area contributed by atoms with Crippen LogP contribution < -0.4 is 4.90 Å². The summed E-state index contributed by atoms with van der Waals surface area (Å²) in [5, 5.41) is 9.03. The minimum absolute atomic E-state index is 0.0202. The second kappa shape index (κ2) is 7.08. The summed E-state index contributed by atoms with van der Waals surface area (Å²) in [6, 6.07) is 9.18. The van der Waals surface area contributed by atoms with E-state index in [0.29, 0.717) is 13.1 Å². The zero-order chi connectivity index (χ0) is 15.2. The Bertz CT molecular complexity index is 484. The first-order chi connectivity index (χ1) is 10.1. The molecule has 1 aromatic rings. The minimum atomic E-state index is -0.940. The molecule has 6 nitrogen and oxygen atoms in total. The van der Waals surface area contributed by atoms with Gasteiger partial charge in [-0.3, -0.25) is 9.59 Å². The first-order valence-corrected chi connectivity index (χ1v) is 7.04. The summed E-state index contributed by atoms with van der Waals surface area (Å²) in [7, 11) is 2.03. The van der Waals surface area contributed by atoms with Crippen molar-refractivity contribution in [1.82, 2.24) is 9.80 Å². The van der Waals surface area contributed by atoms with Gasteiger partial charge < -0.3 is 19.8 Å². The van der Waals surface area contributed by atoms with Crippen LogP contribution in [0.2, 0.25) is 0 Å². The molecule has 1 fully saturated rings. The Labute approximate surface area is 124 Å². The SMILES string of the molecule is CN1CCN(C(=O)CN(CC(=O)O)c2ccccc2)CC1. The highest BCUT2D eigenvalue weighted by molar-refractivity contribution is 5.84. The van der Waals surface area contributed by atoms with Crippen LogP contribution in [0.3, 0.4) is 0 Å². The summed E-state index contributed by atoms with van der Waals surface area (Å²) in [5.41, 5.74) is 0.752. The number of piperazine rings is 1. The lowest BCUT2D eigenvalue weighted by molar-refractivity contribution is -0.135. The van der Waals surface area contributed by atoms with E-state index in [4.69, 9.17) is 5.11 Å². The number of amides is 1. The molecule has 1 N–H and O–H groups in total. The van der Waals surface area contributed by atoms with E-state index in [2.05, 4.69) is 4.90 Å². The monoisotopic (exact) mass is 291 g/mol. The minimum Gasteiger partial charge on any atom is -0.480 e. The first-order valence-electron chi connectivity index (χ1n) is 7.04. The third-order valence-corrected chi connectivity index (χ3v) is 3.63. The van der Waals surface area contributed by atoms with Crippen molar-refractivity contribution in [3.8, 4) is 0 Å². The smallest absolute Gasteiger partial charge is 0.323 e. The number of carboxylic acid groups (broad SMARTS) is 1. The number of anilines is 1. The van der Waals surface area contributed by atoms with Crippen molar-refractivity contribution in [2.24, 2.45) is 0 Å². The number of carbonyl (C=O) groups is 2. The fraction of sp³-hybridized carbons (Fsp3) is 0.467. The molecule has 0 atom stereocenters. The Morgan fingerprint density at radius 1 is 1.10 bits per heavy atom. The molecular formula is C15H21N3O3. The van der Waals surface area contributed by atoms with Crippen LogP contribution in [0.4, 0.5) is 5.69 Å². The van der Waals surface area contributed by atoms with Crippen molar-refractivity contribution in [3.63, 3.8) is 0 Å². The predicted molar refractivity (Wildman–Crippen MR) is 80.4 cm³/mol. The number of para-hydroxylation sites is 1. The molecule has 0 saturated carbocycles. The van der Waals surface area contributed by atoms with E-state index in [9.17, 15) is 9.59 Å². The molecular weight excluding hydrogens is 270 g/mol. The van der Waals surface area contributed by atoms with Crippen LogP contribution in [0, 0.1) is 0 Å². The van der Waals surface area contributed by atoms with E-state index in [-0.39, 0.29) is 19.0 Å². The highest BCUT2D eigenvalue weighted by Gasteiger charge is 2.22. The molecule has 0 bridgehead atoms. The maximum atomic E-state index is 12.3. The second-order valence-corrected chi connectivity index (χ2v) is 5.27. The number of hydrogen-bond acceptors (Lipinski definition) is 4. The molecule has 0 unspecified atom stereocenters. The van der Waals surface area contributed by atoms with Crippen molar-refractivity contribution >= 4 is 17.6 Å². The van der Waals surface area contributed by atoms with Crippen molar-refractivity contribution in [2.45, 2.75) is 0 Å². The Kier molecular flexibility index (Phi) is 5.16. The largest absolute Gasteiger partial charge is 0.480 e. The fourth-order valence-electron chi connectivity index (χ4n) is 2.36. The Morgan fingerprint density at radius 2 is 1.71 bits per heavy atom. The molecule has 2 rings (SSSR count). The molecule has 21 heavy (non-hydrogen) atoms. The number of hydrogen-bond donors (Lipinski definition) is 1. The molecule has 1 heterocycles. The fourth-order valence-corrected chi connectivity index (χ4v) is 2.36. The molecule has 0 aromatic heterocycles. The van der Waals surface area contributed by atoms with Crippen LogP contribution in [-0.4, -0.2) is 73.1 Å². The Morgan fingerprint density at radius 3 is 2.29 bits per heavy atom. The van der Waals surface area contributed by atoms with Crippen molar-refractivity contribution in [2.75, 3.05) is 51.2 Å². The van der Waals surface area contributed by atoms with E-state index >= 15 is 0 Å². The average Bonchev–Trinajstić information content (AvgIpc) is 2.47. The summed E-state index contributed by atoms with van der Waals surface area (Å²) in [5.74, 6) is -0.960. The molecule has 1 amide bonds. The van der Waals surface area contributed by atoms with Gasteiger partial charge in [0.25, 0.3) is 0 Å². The van der Waals surface area contributed by atoms with Gasteiger partial charge in [0.05, 0.1) is 6.54 Å². The summed E-state index contributed by atoms with van der Waals surface area (Å²) in [6.45, 7) is 3.03. The van der Waals surface area contributed by atoms with Gasteiger partial charge in [-0.25, -0.2) is 0 Å². The van der Waals surface area contributed by atoms with E-state index < -0.39 is 5.97 Å². The standard InChI is InChI=1S/C15H21N3O3/c1-16-7-9-17(10-8-16)14(19)11-18(12-15(20)21)13-5-3-2-4-6-13/h2-6H,7-12H2,1H3,(H,20,21).